The topological polar surface area (TPSA) is 235 Å². The smallest absolute Gasteiger partial charge is 0.308 e. The van der Waals surface area contributed by atoms with E-state index in [1.165, 1.54) is 7.11 Å². The summed E-state index contributed by atoms with van der Waals surface area (Å²) in [6, 6.07) is 0. The zero-order valence-corrected chi connectivity index (χ0v) is 30.1. The van der Waals surface area contributed by atoms with Crippen molar-refractivity contribution in [1.82, 2.24) is 0 Å². The molecule has 0 bridgehead atoms. The number of rotatable bonds is 2. The fourth-order valence-corrected chi connectivity index (χ4v) is 5.35. The average molecular weight is 737 g/mol. The first kappa shape index (κ1) is 46.8. The number of carbonyl (C=O) groups excluding carboxylic acids is 1. The summed E-state index contributed by atoms with van der Waals surface area (Å²) in [6.07, 6.45) is 16.7. The summed E-state index contributed by atoms with van der Waals surface area (Å²) in [6.45, 7) is -0.0459. The molecule has 1 aliphatic heterocycles. The number of aliphatic hydroxyl groups excluding tert-OH is 6. The van der Waals surface area contributed by atoms with Crippen molar-refractivity contribution in [3.05, 3.63) is 85.1 Å². The van der Waals surface area contributed by atoms with Crippen LogP contribution in [0.1, 0.15) is 77.0 Å². The molecule has 1 rings (SSSR count). The van der Waals surface area contributed by atoms with Gasteiger partial charge in [-0.3, -0.25) is 9.59 Å². The molecule has 0 saturated carbocycles. The van der Waals surface area contributed by atoms with Gasteiger partial charge in [-0.25, -0.2) is 0 Å². The van der Waals surface area contributed by atoms with Crippen LogP contribution < -0.4 is 0 Å². The maximum atomic E-state index is 12.1. The van der Waals surface area contributed by atoms with Gasteiger partial charge in [-0.1, -0.05) is 85.1 Å². The average Bonchev–Trinajstić information content (AvgIpc) is 3.06. The highest BCUT2D eigenvalue weighted by molar-refractivity contribution is 5.70. The van der Waals surface area contributed by atoms with Crippen molar-refractivity contribution in [1.29, 1.82) is 0 Å². The molecule has 52 heavy (non-hydrogen) atoms. The van der Waals surface area contributed by atoms with Crippen molar-refractivity contribution in [3.63, 3.8) is 0 Å². The van der Waals surface area contributed by atoms with Crippen molar-refractivity contribution < 1.29 is 65.0 Å². The Morgan fingerprint density at radius 2 is 1.29 bits per heavy atom. The molecule has 0 amide bonds. The number of carbonyl (C=O) groups is 2. The predicted molar refractivity (Wildman–Crippen MR) is 195 cm³/mol. The minimum absolute atomic E-state index is 0.0447. The van der Waals surface area contributed by atoms with Gasteiger partial charge in [0.15, 0.2) is 5.79 Å². The Balaban J connectivity index is 2.88. The van der Waals surface area contributed by atoms with Crippen LogP contribution in [0, 0.1) is 5.92 Å². The largest absolute Gasteiger partial charge is 0.481 e. The van der Waals surface area contributed by atoms with Gasteiger partial charge in [-0.2, -0.15) is 0 Å². The van der Waals surface area contributed by atoms with E-state index in [0.29, 0.717) is 12.8 Å². The van der Waals surface area contributed by atoms with Crippen molar-refractivity contribution in [2.75, 3.05) is 13.7 Å². The Morgan fingerprint density at radius 1 is 0.692 bits per heavy atom. The van der Waals surface area contributed by atoms with Gasteiger partial charge < -0.3 is 55.4 Å². The summed E-state index contributed by atoms with van der Waals surface area (Å²) < 4.78 is 10.5. The van der Waals surface area contributed by atoms with Crippen LogP contribution in [-0.2, 0) is 19.1 Å². The summed E-state index contributed by atoms with van der Waals surface area (Å²) in [5, 5.41) is 92.3. The first-order valence-corrected chi connectivity index (χ1v) is 17.8. The number of carboxylic acids is 1. The molecule has 0 unspecified atom stereocenters. The molecule has 1 aliphatic rings. The lowest BCUT2D eigenvalue weighted by molar-refractivity contribution is -0.190. The number of ether oxygens (including phenoxy) is 2. The highest BCUT2D eigenvalue weighted by Crippen LogP contribution is 2.25. The number of carboxylic acid groups (broad SMARTS) is 1. The van der Waals surface area contributed by atoms with Gasteiger partial charge in [-0.15, -0.1) is 0 Å². The van der Waals surface area contributed by atoms with E-state index in [4.69, 9.17) is 9.47 Å². The second-order valence-electron chi connectivity index (χ2n) is 13.1. The summed E-state index contributed by atoms with van der Waals surface area (Å²) in [7, 11) is 1.51. The van der Waals surface area contributed by atoms with E-state index < -0.39 is 73.1 Å². The fourth-order valence-electron chi connectivity index (χ4n) is 5.35. The number of aliphatic carboxylic acids is 1. The van der Waals surface area contributed by atoms with E-state index in [0.717, 1.165) is 0 Å². The van der Waals surface area contributed by atoms with Gasteiger partial charge >= 0.3 is 11.9 Å². The molecule has 0 aromatic heterocycles. The molecule has 8 atom stereocenters. The number of allylic oxidation sites excluding steroid dienone is 12. The van der Waals surface area contributed by atoms with E-state index in [9.17, 15) is 55.5 Å². The predicted octanol–water partition coefficient (Wildman–Crippen LogP) is 2.68. The van der Waals surface area contributed by atoms with Gasteiger partial charge in [0.1, 0.15) is 0 Å². The molecule has 294 valence electrons. The van der Waals surface area contributed by atoms with Gasteiger partial charge in [0, 0.05) is 32.8 Å². The van der Waals surface area contributed by atoms with Crippen molar-refractivity contribution in [2.45, 2.75) is 126 Å². The van der Waals surface area contributed by atoms with Crippen LogP contribution in [0.4, 0.5) is 0 Å². The Bertz CT molecular complexity index is 1200. The van der Waals surface area contributed by atoms with Crippen LogP contribution in [0.3, 0.4) is 0 Å². The Morgan fingerprint density at radius 3 is 1.88 bits per heavy atom. The summed E-state index contributed by atoms with van der Waals surface area (Å²) in [4.78, 5) is 24.0. The quantitative estimate of drug-likeness (QED) is 0.147. The second-order valence-corrected chi connectivity index (χ2v) is 13.1. The standard InChI is InChI=1S/C39H60O13/c1-51-34-16-14-12-10-8-6-4-2-3-5-7-9-11-13-15-30(40)22-24-52-37(46)27-32(42)25-31(41)18-20-35(44)36(45)26-33(43)28-39(49,50)23-21-29(17-19-34)38(47)48/h2-14,16,29-36,40-45,49-50H,15,17-28H2,1H3,(H,47,48)/b4-2+,5-3+,8-6+,9-7+,12-10+,13-11+,16-14+/t29-,30+,31+,32+,33-,34-,35+,36+/m0/s1. The first-order chi connectivity index (χ1) is 24.7. The molecule has 9 N–H and O–H groups in total. The minimum atomic E-state index is -2.43. The van der Waals surface area contributed by atoms with E-state index in [2.05, 4.69) is 0 Å². The minimum Gasteiger partial charge on any atom is -0.481 e. The third-order valence-electron chi connectivity index (χ3n) is 8.41. The molecule has 0 aromatic carbocycles. The van der Waals surface area contributed by atoms with Crippen molar-refractivity contribution in [2.24, 2.45) is 5.92 Å². The van der Waals surface area contributed by atoms with Crippen LogP contribution in [-0.4, -0.2) is 120 Å². The van der Waals surface area contributed by atoms with Crippen LogP contribution in [0.5, 0.6) is 0 Å². The Labute approximate surface area is 306 Å². The van der Waals surface area contributed by atoms with Gasteiger partial charge in [0.2, 0.25) is 0 Å². The molecule has 13 nitrogen and oxygen atoms in total. The number of cyclic esters (lactones) is 1. The number of aliphatic hydroxyl groups is 8. The lowest BCUT2D eigenvalue weighted by Gasteiger charge is -2.28. The Kier molecular flexibility index (Phi) is 24.6. The fraction of sp³-hybridized carbons (Fsp3) is 0.590. The van der Waals surface area contributed by atoms with Crippen molar-refractivity contribution in [3.8, 4) is 0 Å². The molecule has 0 aromatic rings. The summed E-state index contributed by atoms with van der Waals surface area (Å²) >= 11 is 0. The van der Waals surface area contributed by atoms with E-state index in [1.807, 2.05) is 54.7 Å². The zero-order chi connectivity index (χ0) is 38.8. The molecule has 0 radical (unpaired) electrons. The number of methoxy groups -OCH3 is 1. The maximum Gasteiger partial charge on any atom is 0.308 e. The zero-order valence-electron chi connectivity index (χ0n) is 30.1. The maximum absolute atomic E-state index is 12.1. The first-order valence-electron chi connectivity index (χ1n) is 17.8. The molecule has 0 fully saturated rings. The molecule has 1 heterocycles. The van der Waals surface area contributed by atoms with Crippen LogP contribution in [0.2, 0.25) is 0 Å². The Hall–Kier alpha value is -3.24. The van der Waals surface area contributed by atoms with E-state index in [-0.39, 0.29) is 64.1 Å². The van der Waals surface area contributed by atoms with Crippen molar-refractivity contribution >= 4 is 11.9 Å². The molecule has 13 heteroatoms. The van der Waals surface area contributed by atoms with E-state index in [1.54, 1.807) is 30.4 Å². The van der Waals surface area contributed by atoms with Crippen LogP contribution in [0.15, 0.2) is 85.1 Å². The SMILES string of the molecule is CO[C@H]1/C=C/C=C/C=C/C=C/C=C/C=C/C=C/C[C@@H](O)CCOC(=O)C[C@H](O)C[C@H](O)CC[C@@H](O)[C@H](O)C[C@H](O)CC(O)(O)CC[C@@H](C(=O)O)CC1. The molecular weight excluding hydrogens is 676 g/mol. The highest BCUT2D eigenvalue weighted by Gasteiger charge is 2.32. The number of hydrogen-bond donors (Lipinski definition) is 9. The molecule has 0 saturated heterocycles. The van der Waals surface area contributed by atoms with Gasteiger partial charge in [0.05, 0.1) is 61.7 Å². The van der Waals surface area contributed by atoms with Gasteiger partial charge in [0.25, 0.3) is 0 Å². The third kappa shape index (κ3) is 24.1. The highest BCUT2D eigenvalue weighted by atomic mass is 16.5. The second kappa shape index (κ2) is 27.4. The lowest BCUT2D eigenvalue weighted by Crippen LogP contribution is -2.37. The molecular formula is C39H60O13. The monoisotopic (exact) mass is 736 g/mol. The third-order valence-corrected chi connectivity index (χ3v) is 8.41. The summed E-state index contributed by atoms with van der Waals surface area (Å²) in [5.41, 5.74) is 0. The molecule has 0 spiro atoms. The number of hydrogen-bond acceptors (Lipinski definition) is 12. The molecule has 0 aliphatic carbocycles. The number of esters is 1. The summed E-state index contributed by atoms with van der Waals surface area (Å²) in [5.74, 6) is -5.14. The van der Waals surface area contributed by atoms with Crippen LogP contribution >= 0.6 is 0 Å². The normalized spacial score (nSPS) is 35.3. The van der Waals surface area contributed by atoms with Gasteiger partial charge in [-0.05, 0) is 44.9 Å². The lowest BCUT2D eigenvalue weighted by atomic mass is 9.90. The van der Waals surface area contributed by atoms with E-state index >= 15 is 0 Å². The van der Waals surface area contributed by atoms with Crippen LogP contribution in [0.25, 0.3) is 0 Å².